The largest absolute Gasteiger partial charge is 0.494 e. The second kappa shape index (κ2) is 6.74. The van der Waals surface area contributed by atoms with Crippen LogP contribution in [-0.4, -0.2) is 21.9 Å². The molecular weight excluding hydrogens is 302 g/mol. The van der Waals surface area contributed by atoms with Crippen molar-refractivity contribution in [3.05, 3.63) is 65.6 Å². The summed E-state index contributed by atoms with van der Waals surface area (Å²) in [4.78, 5) is 16.8. The maximum atomic E-state index is 12.4. The van der Waals surface area contributed by atoms with Crippen molar-refractivity contribution in [3.63, 3.8) is 0 Å². The van der Waals surface area contributed by atoms with Crippen LogP contribution >= 0.6 is 0 Å². The fourth-order valence-corrected chi connectivity index (χ4v) is 2.59. The maximum Gasteiger partial charge on any atom is 0.271 e. The van der Waals surface area contributed by atoms with Gasteiger partial charge in [0.05, 0.1) is 12.6 Å². The van der Waals surface area contributed by atoms with Gasteiger partial charge in [0.15, 0.2) is 0 Å². The van der Waals surface area contributed by atoms with Gasteiger partial charge in [-0.15, -0.1) is 0 Å². The highest BCUT2D eigenvalue weighted by atomic mass is 16.5. The van der Waals surface area contributed by atoms with Crippen molar-refractivity contribution < 1.29 is 9.53 Å². The van der Waals surface area contributed by atoms with E-state index >= 15 is 0 Å². The van der Waals surface area contributed by atoms with Gasteiger partial charge in [-0.2, -0.15) is 0 Å². The quantitative estimate of drug-likeness (QED) is 0.781. The molecule has 124 valence electrons. The first-order chi connectivity index (χ1) is 11.6. The van der Waals surface area contributed by atoms with Gasteiger partial charge in [0.1, 0.15) is 17.1 Å². The van der Waals surface area contributed by atoms with Crippen LogP contribution in [0.15, 0.2) is 48.8 Å². The molecule has 2 heterocycles. The molecule has 0 aliphatic carbocycles. The van der Waals surface area contributed by atoms with Crippen LogP contribution in [0.3, 0.4) is 0 Å². The maximum absolute atomic E-state index is 12.4. The summed E-state index contributed by atoms with van der Waals surface area (Å²) in [5, 5.41) is 2.98. The van der Waals surface area contributed by atoms with Gasteiger partial charge in [-0.1, -0.05) is 18.2 Å². The smallest absolute Gasteiger partial charge is 0.271 e. The van der Waals surface area contributed by atoms with Crippen molar-refractivity contribution in [2.45, 2.75) is 26.8 Å². The zero-order chi connectivity index (χ0) is 17.1. The molecule has 2 aromatic heterocycles. The number of hydrogen-bond donors (Lipinski definition) is 1. The minimum Gasteiger partial charge on any atom is -0.494 e. The number of fused-ring (bicyclic) bond motifs is 1. The molecule has 0 saturated heterocycles. The molecule has 1 aromatic carbocycles. The molecule has 0 saturated carbocycles. The van der Waals surface area contributed by atoms with Gasteiger partial charge in [-0.25, -0.2) is 4.98 Å². The van der Waals surface area contributed by atoms with E-state index in [1.807, 2.05) is 67.8 Å². The Morgan fingerprint density at radius 1 is 1.21 bits per heavy atom. The van der Waals surface area contributed by atoms with Crippen LogP contribution in [0, 0.1) is 6.92 Å². The lowest BCUT2D eigenvalue weighted by Gasteiger charge is -2.14. The molecule has 0 unspecified atom stereocenters. The SMILES string of the molecule is CCOc1ccc([C@H](C)NC(=O)c2cn3cc(C)ccc3n2)cc1. The first kappa shape index (κ1) is 16.1. The average Bonchev–Trinajstić information content (AvgIpc) is 2.99. The first-order valence-corrected chi connectivity index (χ1v) is 8.06. The van der Waals surface area contributed by atoms with Crippen molar-refractivity contribution in [2.75, 3.05) is 6.61 Å². The molecule has 3 rings (SSSR count). The van der Waals surface area contributed by atoms with Crippen molar-refractivity contribution in [1.29, 1.82) is 0 Å². The van der Waals surface area contributed by atoms with Crippen LogP contribution in [0.1, 0.15) is 41.5 Å². The number of pyridine rings is 1. The van der Waals surface area contributed by atoms with Crippen LogP contribution in [0.5, 0.6) is 5.75 Å². The Morgan fingerprint density at radius 3 is 2.67 bits per heavy atom. The molecule has 5 heteroatoms. The van der Waals surface area contributed by atoms with E-state index in [1.54, 1.807) is 6.20 Å². The van der Waals surface area contributed by atoms with Crippen molar-refractivity contribution >= 4 is 11.6 Å². The van der Waals surface area contributed by atoms with Crippen molar-refractivity contribution in [1.82, 2.24) is 14.7 Å². The topological polar surface area (TPSA) is 55.6 Å². The molecule has 1 atom stereocenters. The van der Waals surface area contributed by atoms with Crippen LogP contribution in [-0.2, 0) is 0 Å². The number of benzene rings is 1. The number of imidazole rings is 1. The first-order valence-electron chi connectivity index (χ1n) is 8.06. The van der Waals surface area contributed by atoms with Gasteiger partial charge in [-0.05, 0) is 50.1 Å². The van der Waals surface area contributed by atoms with E-state index in [2.05, 4.69) is 10.3 Å². The lowest BCUT2D eigenvalue weighted by atomic mass is 10.1. The number of hydrogen-bond acceptors (Lipinski definition) is 3. The van der Waals surface area contributed by atoms with Crippen LogP contribution in [0.4, 0.5) is 0 Å². The summed E-state index contributed by atoms with van der Waals surface area (Å²) in [5.74, 6) is 0.647. The molecule has 0 aliphatic rings. The number of rotatable bonds is 5. The van der Waals surface area contributed by atoms with Gasteiger partial charge in [0.25, 0.3) is 5.91 Å². The second-order valence-electron chi connectivity index (χ2n) is 5.80. The molecule has 1 N–H and O–H groups in total. The van der Waals surface area contributed by atoms with Crippen molar-refractivity contribution in [2.24, 2.45) is 0 Å². The second-order valence-corrected chi connectivity index (χ2v) is 5.80. The molecule has 5 nitrogen and oxygen atoms in total. The van der Waals surface area contributed by atoms with E-state index in [-0.39, 0.29) is 11.9 Å². The third kappa shape index (κ3) is 3.40. The Hall–Kier alpha value is -2.82. The zero-order valence-electron chi connectivity index (χ0n) is 14.1. The van der Waals surface area contributed by atoms with E-state index in [1.165, 1.54) is 0 Å². The number of nitrogens with one attached hydrogen (secondary N) is 1. The molecule has 1 amide bonds. The highest BCUT2D eigenvalue weighted by molar-refractivity contribution is 5.93. The Balaban J connectivity index is 1.72. The van der Waals surface area contributed by atoms with Crippen LogP contribution < -0.4 is 10.1 Å². The summed E-state index contributed by atoms with van der Waals surface area (Å²) >= 11 is 0. The molecule has 0 radical (unpaired) electrons. The van der Waals surface area contributed by atoms with Gasteiger partial charge in [0, 0.05) is 12.4 Å². The Bertz CT molecular complexity index is 853. The van der Waals surface area contributed by atoms with E-state index in [9.17, 15) is 4.79 Å². The third-order valence-corrected chi connectivity index (χ3v) is 3.87. The van der Waals surface area contributed by atoms with E-state index < -0.39 is 0 Å². The molecule has 0 aliphatic heterocycles. The summed E-state index contributed by atoms with van der Waals surface area (Å²) in [5.41, 5.74) is 3.32. The highest BCUT2D eigenvalue weighted by Gasteiger charge is 2.14. The fourth-order valence-electron chi connectivity index (χ4n) is 2.59. The molecule has 0 bridgehead atoms. The minimum absolute atomic E-state index is 0.111. The molecule has 0 spiro atoms. The van der Waals surface area contributed by atoms with E-state index in [4.69, 9.17) is 4.74 Å². The summed E-state index contributed by atoms with van der Waals surface area (Å²) in [6.07, 6.45) is 3.71. The lowest BCUT2D eigenvalue weighted by Crippen LogP contribution is -2.26. The molecule has 24 heavy (non-hydrogen) atoms. The standard InChI is InChI=1S/C19H21N3O2/c1-4-24-16-8-6-15(7-9-16)14(3)20-19(23)17-12-22-11-13(2)5-10-18(22)21-17/h5-12,14H,4H2,1-3H3,(H,20,23)/t14-/m0/s1. The van der Waals surface area contributed by atoms with Crippen LogP contribution in [0.2, 0.25) is 0 Å². The summed E-state index contributed by atoms with van der Waals surface area (Å²) in [6.45, 7) is 6.55. The van der Waals surface area contributed by atoms with E-state index in [0.717, 1.165) is 22.5 Å². The average molecular weight is 323 g/mol. The van der Waals surface area contributed by atoms with Gasteiger partial charge in [-0.3, -0.25) is 4.79 Å². The van der Waals surface area contributed by atoms with Gasteiger partial charge >= 0.3 is 0 Å². The predicted molar refractivity (Wildman–Crippen MR) is 93.4 cm³/mol. The lowest BCUT2D eigenvalue weighted by molar-refractivity contribution is 0.0935. The van der Waals surface area contributed by atoms with Crippen LogP contribution in [0.25, 0.3) is 5.65 Å². The Morgan fingerprint density at radius 2 is 1.96 bits per heavy atom. The number of carbonyl (C=O) groups excluding carboxylic acids is 1. The zero-order valence-corrected chi connectivity index (χ0v) is 14.1. The van der Waals surface area contributed by atoms with Crippen molar-refractivity contribution in [3.8, 4) is 5.75 Å². The number of nitrogens with zero attached hydrogens (tertiary/aromatic N) is 2. The fraction of sp³-hybridized carbons (Fsp3) is 0.263. The number of aryl methyl sites for hydroxylation is 1. The Kier molecular flexibility index (Phi) is 4.51. The number of aromatic nitrogens is 2. The number of carbonyl (C=O) groups is 1. The number of ether oxygens (including phenoxy) is 1. The molecular formula is C19H21N3O2. The Labute approximate surface area is 141 Å². The molecule has 3 aromatic rings. The van der Waals surface area contributed by atoms with E-state index in [0.29, 0.717) is 12.3 Å². The summed E-state index contributed by atoms with van der Waals surface area (Å²) in [6, 6.07) is 11.5. The normalized spacial score (nSPS) is 12.1. The summed E-state index contributed by atoms with van der Waals surface area (Å²) < 4.78 is 7.30. The summed E-state index contributed by atoms with van der Waals surface area (Å²) in [7, 11) is 0. The van der Waals surface area contributed by atoms with Gasteiger partial charge < -0.3 is 14.5 Å². The van der Waals surface area contributed by atoms with Gasteiger partial charge in [0.2, 0.25) is 0 Å². The molecule has 0 fully saturated rings. The monoisotopic (exact) mass is 323 g/mol. The number of amides is 1. The highest BCUT2D eigenvalue weighted by Crippen LogP contribution is 2.18. The predicted octanol–water partition coefficient (Wildman–Crippen LogP) is 3.53. The third-order valence-electron chi connectivity index (χ3n) is 3.87. The minimum atomic E-state index is -0.183.